The second-order valence-corrected chi connectivity index (χ2v) is 7.89. The van der Waals surface area contributed by atoms with Crippen LogP contribution in [0.1, 0.15) is 20.8 Å². The number of fused-ring (bicyclic) bond motifs is 2. The first kappa shape index (κ1) is 17.4. The predicted octanol–water partition coefficient (Wildman–Crippen LogP) is 2.70. The van der Waals surface area contributed by atoms with Gasteiger partial charge in [-0.05, 0) is 32.9 Å². The molecule has 26 heavy (non-hydrogen) atoms. The minimum absolute atomic E-state index is 0.0418. The molecule has 0 aliphatic carbocycles. The van der Waals surface area contributed by atoms with Crippen molar-refractivity contribution in [3.63, 3.8) is 0 Å². The third kappa shape index (κ3) is 3.31. The number of ether oxygens (including phenoxy) is 2. The van der Waals surface area contributed by atoms with Gasteiger partial charge >= 0.3 is 6.09 Å². The third-order valence-electron chi connectivity index (χ3n) is 4.41. The van der Waals surface area contributed by atoms with E-state index in [1.807, 2.05) is 25.7 Å². The van der Waals surface area contributed by atoms with Gasteiger partial charge in [-0.1, -0.05) is 11.6 Å². The van der Waals surface area contributed by atoms with E-state index in [0.29, 0.717) is 48.6 Å². The van der Waals surface area contributed by atoms with Crippen LogP contribution in [0.2, 0.25) is 5.15 Å². The molecule has 4 rings (SSSR count). The van der Waals surface area contributed by atoms with E-state index in [9.17, 15) is 4.79 Å². The van der Waals surface area contributed by atoms with Crippen LogP contribution >= 0.6 is 11.6 Å². The number of likely N-dealkylation sites (tertiary alicyclic amines) is 1. The summed E-state index contributed by atoms with van der Waals surface area (Å²) < 4.78 is 17.2. The quantitative estimate of drug-likeness (QED) is 0.703. The van der Waals surface area contributed by atoms with Crippen LogP contribution in [0.25, 0.3) is 11.2 Å². The van der Waals surface area contributed by atoms with E-state index >= 15 is 0 Å². The van der Waals surface area contributed by atoms with E-state index in [1.54, 1.807) is 17.0 Å². The molecule has 2 saturated heterocycles. The maximum Gasteiger partial charge on any atom is 0.410 e. The molecule has 2 aromatic heterocycles. The second-order valence-electron chi connectivity index (χ2n) is 7.51. The number of carbonyl (C=O) groups excluding carboxylic acids is 1. The van der Waals surface area contributed by atoms with E-state index in [4.69, 9.17) is 25.5 Å². The van der Waals surface area contributed by atoms with Crippen LogP contribution in [0.15, 0.2) is 16.5 Å². The van der Waals surface area contributed by atoms with Gasteiger partial charge in [-0.15, -0.1) is 0 Å². The average molecular weight is 381 g/mol. The van der Waals surface area contributed by atoms with Gasteiger partial charge in [-0.2, -0.15) is 4.98 Å². The Balaban J connectivity index is 1.55. The number of rotatable bonds is 1. The fraction of sp³-hybridized carbons (Fsp3) is 0.588. The number of hydrogen-bond donors (Lipinski definition) is 0. The summed E-state index contributed by atoms with van der Waals surface area (Å²) >= 11 is 5.93. The molecule has 0 radical (unpaired) electrons. The molecule has 9 heteroatoms. The Kier molecular flexibility index (Phi) is 4.19. The van der Waals surface area contributed by atoms with Gasteiger partial charge in [0.05, 0.1) is 25.3 Å². The Labute approximate surface area is 156 Å². The number of aromatic nitrogens is 2. The average Bonchev–Trinajstić information content (AvgIpc) is 3.16. The molecule has 0 saturated carbocycles. The lowest BCUT2D eigenvalue weighted by molar-refractivity contribution is 0.0158. The van der Waals surface area contributed by atoms with E-state index in [0.717, 1.165) is 0 Å². The third-order valence-corrected chi connectivity index (χ3v) is 4.62. The molecule has 140 valence electrons. The summed E-state index contributed by atoms with van der Waals surface area (Å²) in [6, 6.07) is 3.85. The number of anilines is 1. The standard InChI is InChI=1S/C17H21ClN4O4/c1-17(2,3)26-16(23)21-8-10-12(9-21)24-7-6-22(10)15-20-14-11(25-15)4-5-13(18)19-14/h4-5,10,12H,6-9H2,1-3H3/t10-,12-/m0/s1. The zero-order valence-electron chi connectivity index (χ0n) is 14.9. The number of oxazole rings is 1. The number of nitrogens with zero attached hydrogens (tertiary/aromatic N) is 4. The fourth-order valence-electron chi connectivity index (χ4n) is 3.31. The number of morpholine rings is 1. The van der Waals surface area contributed by atoms with Crippen molar-refractivity contribution in [3.8, 4) is 0 Å². The molecule has 2 fully saturated rings. The summed E-state index contributed by atoms with van der Waals surface area (Å²) in [6.45, 7) is 7.71. The van der Waals surface area contributed by atoms with Crippen LogP contribution in [0.5, 0.6) is 0 Å². The van der Waals surface area contributed by atoms with Crippen molar-refractivity contribution < 1.29 is 18.7 Å². The summed E-state index contributed by atoms with van der Waals surface area (Å²) in [5, 5.41) is 0.370. The van der Waals surface area contributed by atoms with Crippen molar-refractivity contribution in [2.45, 2.75) is 38.5 Å². The van der Waals surface area contributed by atoms with Crippen LogP contribution in [0.3, 0.4) is 0 Å². The summed E-state index contributed by atoms with van der Waals surface area (Å²) in [5.74, 6) is 0. The highest BCUT2D eigenvalue weighted by Crippen LogP contribution is 2.30. The van der Waals surface area contributed by atoms with Crippen LogP contribution in [0, 0.1) is 0 Å². The van der Waals surface area contributed by atoms with Gasteiger partial charge in [0.15, 0.2) is 5.58 Å². The summed E-state index contributed by atoms with van der Waals surface area (Å²) in [6.07, 6.45) is -0.440. The first-order chi connectivity index (χ1) is 12.3. The molecule has 2 aliphatic rings. The lowest BCUT2D eigenvalue weighted by atomic mass is 10.1. The Bertz CT molecular complexity index is 834. The van der Waals surface area contributed by atoms with Crippen LogP contribution in [-0.4, -0.2) is 64.9 Å². The molecule has 0 aromatic carbocycles. The highest BCUT2D eigenvalue weighted by atomic mass is 35.5. The van der Waals surface area contributed by atoms with Crippen molar-refractivity contribution in [3.05, 3.63) is 17.3 Å². The van der Waals surface area contributed by atoms with Crippen molar-refractivity contribution in [2.75, 3.05) is 31.1 Å². The van der Waals surface area contributed by atoms with Gasteiger partial charge in [0.2, 0.25) is 5.65 Å². The van der Waals surface area contributed by atoms with E-state index in [2.05, 4.69) is 9.97 Å². The van der Waals surface area contributed by atoms with Gasteiger partial charge in [-0.3, -0.25) is 0 Å². The monoisotopic (exact) mass is 380 g/mol. The minimum atomic E-state index is -0.531. The maximum absolute atomic E-state index is 12.4. The number of hydrogen-bond acceptors (Lipinski definition) is 7. The van der Waals surface area contributed by atoms with Gasteiger partial charge in [0, 0.05) is 13.1 Å². The molecule has 8 nitrogen and oxygen atoms in total. The Morgan fingerprint density at radius 3 is 2.88 bits per heavy atom. The highest BCUT2D eigenvalue weighted by Gasteiger charge is 2.44. The van der Waals surface area contributed by atoms with Crippen LogP contribution in [-0.2, 0) is 9.47 Å². The number of pyridine rings is 1. The first-order valence-electron chi connectivity index (χ1n) is 8.59. The van der Waals surface area contributed by atoms with Crippen molar-refractivity contribution >= 4 is 34.9 Å². The second kappa shape index (κ2) is 6.28. The maximum atomic E-state index is 12.4. The van der Waals surface area contributed by atoms with Gasteiger partial charge in [0.25, 0.3) is 6.01 Å². The lowest BCUT2D eigenvalue weighted by Gasteiger charge is -2.35. The molecule has 1 amide bonds. The summed E-state index contributed by atoms with van der Waals surface area (Å²) in [5.41, 5.74) is 0.517. The Hall–Kier alpha value is -2.06. The van der Waals surface area contributed by atoms with Gasteiger partial charge < -0.3 is 23.7 Å². The molecule has 0 unspecified atom stereocenters. The Morgan fingerprint density at radius 1 is 1.31 bits per heavy atom. The molecule has 0 bridgehead atoms. The SMILES string of the molecule is CC(C)(C)OC(=O)N1C[C@@H]2OCCN(c3nc4nc(Cl)ccc4o3)[C@H]2C1. The molecule has 0 N–H and O–H groups in total. The normalized spacial score (nSPS) is 23.4. The summed E-state index contributed by atoms with van der Waals surface area (Å²) in [7, 11) is 0. The van der Waals surface area contributed by atoms with Gasteiger partial charge in [0.1, 0.15) is 10.8 Å². The number of amides is 1. The zero-order chi connectivity index (χ0) is 18.5. The smallest absolute Gasteiger partial charge is 0.410 e. The van der Waals surface area contributed by atoms with E-state index in [-0.39, 0.29) is 18.2 Å². The highest BCUT2D eigenvalue weighted by molar-refractivity contribution is 6.29. The molecular formula is C17H21ClN4O4. The van der Waals surface area contributed by atoms with E-state index in [1.165, 1.54) is 0 Å². The number of carbonyl (C=O) groups is 1. The lowest BCUT2D eigenvalue weighted by Crippen LogP contribution is -2.51. The zero-order valence-corrected chi connectivity index (χ0v) is 15.7. The topological polar surface area (TPSA) is 80.9 Å². The molecular weight excluding hydrogens is 360 g/mol. The van der Waals surface area contributed by atoms with Crippen LogP contribution < -0.4 is 4.90 Å². The van der Waals surface area contributed by atoms with E-state index < -0.39 is 5.60 Å². The molecule has 0 spiro atoms. The summed E-state index contributed by atoms with van der Waals surface area (Å²) in [4.78, 5) is 24.7. The first-order valence-corrected chi connectivity index (χ1v) is 8.97. The molecule has 4 heterocycles. The molecule has 2 atom stereocenters. The van der Waals surface area contributed by atoms with Gasteiger partial charge in [-0.25, -0.2) is 9.78 Å². The van der Waals surface area contributed by atoms with Crippen molar-refractivity contribution in [2.24, 2.45) is 0 Å². The van der Waals surface area contributed by atoms with Crippen LogP contribution in [0.4, 0.5) is 10.8 Å². The fourth-order valence-corrected chi connectivity index (χ4v) is 3.45. The number of halogens is 1. The minimum Gasteiger partial charge on any atom is -0.444 e. The van der Waals surface area contributed by atoms with Crippen molar-refractivity contribution in [1.82, 2.24) is 14.9 Å². The molecule has 2 aromatic rings. The Morgan fingerprint density at radius 2 is 2.12 bits per heavy atom. The molecule has 2 aliphatic heterocycles. The van der Waals surface area contributed by atoms with Crippen molar-refractivity contribution in [1.29, 1.82) is 0 Å². The predicted molar refractivity (Wildman–Crippen MR) is 95.5 cm³/mol. The largest absolute Gasteiger partial charge is 0.444 e.